The maximum Gasteiger partial charge on any atom is 0.147 e. The summed E-state index contributed by atoms with van der Waals surface area (Å²) < 4.78 is 2.26. The summed E-state index contributed by atoms with van der Waals surface area (Å²) in [5.41, 5.74) is 0. The summed E-state index contributed by atoms with van der Waals surface area (Å²) in [4.78, 5) is 0. The lowest BCUT2D eigenvalue weighted by molar-refractivity contribution is 0.337. The molecule has 0 aliphatic heterocycles. The molecule has 1 aromatic rings. The summed E-state index contributed by atoms with van der Waals surface area (Å²) in [6, 6.07) is 1.35. The first-order chi connectivity index (χ1) is 9.74. The third-order valence-electron chi connectivity index (χ3n) is 5.09. The Balaban J connectivity index is 1.49. The zero-order valence-electron chi connectivity index (χ0n) is 12.9. The third-order valence-corrected chi connectivity index (χ3v) is 5.09. The van der Waals surface area contributed by atoms with Gasteiger partial charge in [-0.25, -0.2) is 0 Å². The lowest BCUT2D eigenvalue weighted by atomic mass is 9.89. The van der Waals surface area contributed by atoms with Crippen LogP contribution in [0.2, 0.25) is 0 Å². The van der Waals surface area contributed by atoms with Crippen molar-refractivity contribution in [2.24, 2.45) is 11.8 Å². The van der Waals surface area contributed by atoms with Gasteiger partial charge in [0.05, 0.1) is 6.54 Å². The van der Waals surface area contributed by atoms with Gasteiger partial charge in [-0.15, -0.1) is 10.2 Å². The molecule has 0 unspecified atom stereocenters. The van der Waals surface area contributed by atoms with Gasteiger partial charge < -0.3 is 9.88 Å². The maximum absolute atomic E-state index is 4.28. The fourth-order valence-corrected chi connectivity index (χ4v) is 3.49. The van der Waals surface area contributed by atoms with Crippen LogP contribution in [0.5, 0.6) is 0 Å². The van der Waals surface area contributed by atoms with Crippen molar-refractivity contribution < 1.29 is 0 Å². The molecule has 1 aromatic heterocycles. The van der Waals surface area contributed by atoms with Crippen molar-refractivity contribution in [2.45, 2.75) is 77.4 Å². The van der Waals surface area contributed by atoms with Crippen molar-refractivity contribution >= 4 is 0 Å². The molecule has 2 saturated carbocycles. The van der Waals surface area contributed by atoms with Crippen molar-refractivity contribution in [1.82, 2.24) is 20.1 Å². The molecule has 2 atom stereocenters. The second-order valence-electron chi connectivity index (χ2n) is 6.98. The van der Waals surface area contributed by atoms with Gasteiger partial charge in [0, 0.05) is 12.1 Å². The number of nitrogens with one attached hydrogen (secondary N) is 1. The first-order valence-electron chi connectivity index (χ1n) is 8.36. The molecule has 0 saturated heterocycles. The molecule has 3 rings (SSSR count). The number of hydrogen-bond acceptors (Lipinski definition) is 3. The molecule has 0 bridgehead atoms. The fraction of sp³-hybridized carbons (Fsp3) is 0.875. The van der Waals surface area contributed by atoms with Crippen molar-refractivity contribution in [2.75, 3.05) is 0 Å². The van der Waals surface area contributed by atoms with Gasteiger partial charge in [0.15, 0.2) is 0 Å². The highest BCUT2D eigenvalue weighted by Gasteiger charge is 2.26. The van der Waals surface area contributed by atoms with Crippen LogP contribution in [0.1, 0.15) is 70.7 Å². The molecule has 0 aromatic carbocycles. The van der Waals surface area contributed by atoms with E-state index in [-0.39, 0.29) is 0 Å². The van der Waals surface area contributed by atoms with Crippen LogP contribution in [-0.2, 0) is 6.54 Å². The summed E-state index contributed by atoms with van der Waals surface area (Å²) >= 11 is 0. The van der Waals surface area contributed by atoms with Crippen molar-refractivity contribution in [3.63, 3.8) is 0 Å². The van der Waals surface area contributed by atoms with Crippen molar-refractivity contribution in [1.29, 1.82) is 0 Å². The zero-order valence-corrected chi connectivity index (χ0v) is 12.9. The molecular formula is C16H28N4. The molecule has 4 heteroatoms. The van der Waals surface area contributed by atoms with Crippen LogP contribution >= 0.6 is 0 Å². The lowest BCUT2D eigenvalue weighted by Gasteiger charge is -2.19. The largest absolute Gasteiger partial charge is 0.313 e. The molecule has 112 valence electrons. The number of hydrogen-bond donors (Lipinski definition) is 1. The van der Waals surface area contributed by atoms with E-state index in [0.717, 1.165) is 24.2 Å². The van der Waals surface area contributed by atoms with Crippen LogP contribution in [0.15, 0.2) is 6.33 Å². The first kappa shape index (κ1) is 14.1. The van der Waals surface area contributed by atoms with E-state index in [1.807, 2.05) is 6.33 Å². The van der Waals surface area contributed by atoms with Gasteiger partial charge in [-0.05, 0) is 43.9 Å². The SMILES string of the molecule is CC(C)[C@@H]1CCC[C@@H](NCc2nncn2C2CC2)CC1. The summed E-state index contributed by atoms with van der Waals surface area (Å²) in [5, 5.41) is 12.1. The standard InChI is InChI=1S/C16H28N4/c1-12(2)13-4-3-5-14(7-6-13)17-10-16-19-18-11-20(16)15-8-9-15/h11-15,17H,3-10H2,1-2H3/t13-,14-/m1/s1. The van der Waals surface area contributed by atoms with Crippen LogP contribution in [0.4, 0.5) is 0 Å². The highest BCUT2D eigenvalue weighted by atomic mass is 15.3. The third kappa shape index (κ3) is 3.40. The first-order valence-corrected chi connectivity index (χ1v) is 8.36. The van der Waals surface area contributed by atoms with E-state index in [0.29, 0.717) is 12.1 Å². The Morgan fingerprint density at radius 3 is 2.80 bits per heavy atom. The number of rotatable bonds is 5. The number of aromatic nitrogens is 3. The Kier molecular flexibility index (Phi) is 4.39. The zero-order chi connectivity index (χ0) is 13.9. The highest BCUT2D eigenvalue weighted by Crippen LogP contribution is 2.35. The predicted molar refractivity (Wildman–Crippen MR) is 80.3 cm³/mol. The minimum absolute atomic E-state index is 0.670. The molecule has 0 radical (unpaired) electrons. The summed E-state index contributed by atoms with van der Waals surface area (Å²) in [6.45, 7) is 5.63. The average molecular weight is 276 g/mol. The minimum Gasteiger partial charge on any atom is -0.313 e. The quantitative estimate of drug-likeness (QED) is 0.839. The van der Waals surface area contributed by atoms with E-state index in [2.05, 4.69) is 33.9 Å². The van der Waals surface area contributed by atoms with Crippen LogP contribution < -0.4 is 5.32 Å². The van der Waals surface area contributed by atoms with Gasteiger partial charge in [0.25, 0.3) is 0 Å². The molecular weight excluding hydrogens is 248 g/mol. The fourth-order valence-electron chi connectivity index (χ4n) is 3.49. The second-order valence-corrected chi connectivity index (χ2v) is 6.98. The summed E-state index contributed by atoms with van der Waals surface area (Å²) in [5.74, 6) is 2.89. The van der Waals surface area contributed by atoms with E-state index < -0.39 is 0 Å². The van der Waals surface area contributed by atoms with Crippen molar-refractivity contribution in [3.05, 3.63) is 12.2 Å². The number of nitrogens with zero attached hydrogens (tertiary/aromatic N) is 3. The van der Waals surface area contributed by atoms with Crippen molar-refractivity contribution in [3.8, 4) is 0 Å². The molecule has 0 spiro atoms. The average Bonchev–Trinajstić information content (AvgIpc) is 3.21. The van der Waals surface area contributed by atoms with Gasteiger partial charge in [-0.2, -0.15) is 0 Å². The predicted octanol–water partition coefficient (Wildman–Crippen LogP) is 3.31. The Labute approximate surface area is 122 Å². The maximum atomic E-state index is 4.28. The van der Waals surface area contributed by atoms with Crippen LogP contribution in [0.3, 0.4) is 0 Å². The van der Waals surface area contributed by atoms with Gasteiger partial charge in [0.1, 0.15) is 12.2 Å². The van der Waals surface area contributed by atoms with E-state index in [1.165, 1.54) is 44.9 Å². The minimum atomic E-state index is 0.670. The molecule has 20 heavy (non-hydrogen) atoms. The Hall–Kier alpha value is -0.900. The normalized spacial score (nSPS) is 27.8. The lowest BCUT2D eigenvalue weighted by Crippen LogP contribution is -2.29. The van der Waals surface area contributed by atoms with Gasteiger partial charge in [-0.3, -0.25) is 0 Å². The van der Waals surface area contributed by atoms with Crippen LogP contribution in [0.25, 0.3) is 0 Å². The van der Waals surface area contributed by atoms with Gasteiger partial charge in [-0.1, -0.05) is 26.7 Å². The Bertz CT molecular complexity index is 422. The second kappa shape index (κ2) is 6.25. The Morgan fingerprint density at radius 1 is 1.20 bits per heavy atom. The Morgan fingerprint density at radius 2 is 2.05 bits per heavy atom. The monoisotopic (exact) mass is 276 g/mol. The molecule has 2 aliphatic carbocycles. The summed E-state index contributed by atoms with van der Waals surface area (Å²) in [7, 11) is 0. The van der Waals surface area contributed by atoms with Crippen LogP contribution in [0, 0.1) is 11.8 Å². The van der Waals surface area contributed by atoms with E-state index in [4.69, 9.17) is 0 Å². The van der Waals surface area contributed by atoms with E-state index >= 15 is 0 Å². The molecule has 2 fully saturated rings. The van der Waals surface area contributed by atoms with Crippen LogP contribution in [-0.4, -0.2) is 20.8 Å². The molecule has 4 nitrogen and oxygen atoms in total. The van der Waals surface area contributed by atoms with Gasteiger partial charge in [0.2, 0.25) is 0 Å². The summed E-state index contributed by atoms with van der Waals surface area (Å²) in [6.07, 6.45) is 11.3. The molecule has 2 aliphatic rings. The molecule has 1 N–H and O–H groups in total. The van der Waals surface area contributed by atoms with Gasteiger partial charge >= 0.3 is 0 Å². The molecule has 0 amide bonds. The smallest absolute Gasteiger partial charge is 0.147 e. The van der Waals surface area contributed by atoms with E-state index in [9.17, 15) is 0 Å². The molecule has 1 heterocycles. The van der Waals surface area contributed by atoms with E-state index in [1.54, 1.807) is 0 Å². The topological polar surface area (TPSA) is 42.7 Å². The highest BCUT2D eigenvalue weighted by molar-refractivity contribution is 4.95.